The molecule has 6 nitrogen and oxygen atoms in total. The zero-order valence-corrected chi connectivity index (χ0v) is 15.2. The van der Waals surface area contributed by atoms with Gasteiger partial charge in [-0.25, -0.2) is 14.2 Å². The second-order valence-electron chi connectivity index (χ2n) is 7.39. The summed E-state index contributed by atoms with van der Waals surface area (Å²) in [4.78, 5) is 19.3. The highest BCUT2D eigenvalue weighted by atomic mass is 19.1. The average Bonchev–Trinajstić information content (AvgIpc) is 3.15. The highest BCUT2D eigenvalue weighted by molar-refractivity contribution is 5.96. The molecule has 1 amide bonds. The molecule has 0 aliphatic carbocycles. The molecule has 1 atom stereocenters. The first-order valence-corrected chi connectivity index (χ1v) is 9.51. The maximum absolute atomic E-state index is 13.1. The molecule has 3 fully saturated rings. The van der Waals surface area contributed by atoms with Crippen molar-refractivity contribution in [3.63, 3.8) is 0 Å². The quantitative estimate of drug-likeness (QED) is 0.734. The topological polar surface area (TPSA) is 67.6 Å². The number of hydrogen-bond acceptors (Lipinski definition) is 5. The van der Waals surface area contributed by atoms with Crippen LogP contribution >= 0.6 is 0 Å². The van der Waals surface area contributed by atoms with Crippen molar-refractivity contribution >= 4 is 22.9 Å². The molecule has 28 heavy (non-hydrogen) atoms. The van der Waals surface area contributed by atoms with E-state index < -0.39 is 6.09 Å². The minimum atomic E-state index is -0.474. The van der Waals surface area contributed by atoms with E-state index in [4.69, 9.17) is 9.15 Å². The molecular formula is C21H20FN3O3. The number of amides is 1. The summed E-state index contributed by atoms with van der Waals surface area (Å²) in [6, 6.07) is 11.2. The SMILES string of the molecule is O=C(Nc1cccc2oc(-c3ccc(F)cc3)nc12)O[C@H]1CN2CCC1CC2. The first-order valence-electron chi connectivity index (χ1n) is 9.51. The monoisotopic (exact) mass is 381 g/mol. The highest BCUT2D eigenvalue weighted by Gasteiger charge is 2.36. The third-order valence-corrected chi connectivity index (χ3v) is 5.60. The Bertz CT molecular complexity index is 1010. The smallest absolute Gasteiger partial charge is 0.412 e. The molecule has 1 N–H and O–H groups in total. The maximum atomic E-state index is 13.1. The van der Waals surface area contributed by atoms with Gasteiger partial charge < -0.3 is 9.15 Å². The summed E-state index contributed by atoms with van der Waals surface area (Å²) < 4.78 is 24.6. The van der Waals surface area contributed by atoms with E-state index in [9.17, 15) is 9.18 Å². The van der Waals surface area contributed by atoms with Crippen molar-refractivity contribution in [1.82, 2.24) is 9.88 Å². The van der Waals surface area contributed by atoms with Crippen molar-refractivity contribution in [3.8, 4) is 11.5 Å². The number of piperidine rings is 3. The molecule has 2 aromatic carbocycles. The Hall–Kier alpha value is -2.93. The lowest BCUT2D eigenvalue weighted by molar-refractivity contribution is -0.0289. The third kappa shape index (κ3) is 3.22. The van der Waals surface area contributed by atoms with Gasteiger partial charge in [0.05, 0.1) is 5.69 Å². The number of oxazole rings is 1. The number of halogens is 1. The predicted octanol–water partition coefficient (Wildman–Crippen LogP) is 4.28. The number of aromatic nitrogens is 1. The average molecular weight is 381 g/mol. The fraction of sp³-hybridized carbons (Fsp3) is 0.333. The minimum absolute atomic E-state index is 0.0613. The van der Waals surface area contributed by atoms with Crippen molar-refractivity contribution in [2.45, 2.75) is 18.9 Å². The van der Waals surface area contributed by atoms with Crippen LogP contribution in [0.2, 0.25) is 0 Å². The first kappa shape index (κ1) is 17.2. The number of anilines is 1. The molecular weight excluding hydrogens is 361 g/mol. The summed E-state index contributed by atoms with van der Waals surface area (Å²) >= 11 is 0. The fourth-order valence-electron chi connectivity index (χ4n) is 4.09. The summed E-state index contributed by atoms with van der Waals surface area (Å²) in [5, 5.41) is 2.80. The van der Waals surface area contributed by atoms with Crippen LogP contribution in [-0.2, 0) is 4.74 Å². The number of nitrogens with zero attached hydrogens (tertiary/aromatic N) is 2. The number of fused-ring (bicyclic) bond motifs is 4. The Morgan fingerprint density at radius 3 is 2.68 bits per heavy atom. The second kappa shape index (κ2) is 6.91. The molecule has 6 rings (SSSR count). The lowest BCUT2D eigenvalue weighted by atomic mass is 9.86. The van der Waals surface area contributed by atoms with E-state index in [0.29, 0.717) is 34.2 Å². The van der Waals surface area contributed by atoms with E-state index >= 15 is 0 Å². The summed E-state index contributed by atoms with van der Waals surface area (Å²) in [6.45, 7) is 2.99. The van der Waals surface area contributed by atoms with Crippen molar-refractivity contribution in [3.05, 3.63) is 48.3 Å². The number of carbonyl (C=O) groups is 1. The standard InChI is InChI=1S/C21H20FN3O3/c22-15-6-4-14(5-7-15)20-24-19-16(2-1-3-17(19)27-20)23-21(26)28-18-12-25-10-8-13(18)9-11-25/h1-7,13,18H,8-12H2,(H,23,26)/t18-/m0/s1. The molecule has 3 aliphatic rings. The molecule has 3 saturated heterocycles. The first-order chi connectivity index (χ1) is 13.7. The Kier molecular flexibility index (Phi) is 4.24. The molecule has 3 aliphatic heterocycles. The number of hydrogen-bond donors (Lipinski definition) is 1. The van der Waals surface area contributed by atoms with Gasteiger partial charge in [-0.15, -0.1) is 0 Å². The van der Waals surface area contributed by atoms with Crippen molar-refractivity contribution in [1.29, 1.82) is 0 Å². The normalized spacial score (nSPS) is 23.7. The lowest BCUT2D eigenvalue weighted by Gasteiger charge is -2.43. The number of carbonyl (C=O) groups excluding carboxylic acids is 1. The van der Waals surface area contributed by atoms with Gasteiger partial charge in [0.2, 0.25) is 5.89 Å². The number of benzene rings is 2. The van der Waals surface area contributed by atoms with E-state index in [2.05, 4.69) is 15.2 Å². The van der Waals surface area contributed by atoms with Crippen LogP contribution in [0.25, 0.3) is 22.6 Å². The summed E-state index contributed by atoms with van der Waals surface area (Å²) in [6.07, 6.45) is 1.63. The van der Waals surface area contributed by atoms with Crippen LogP contribution in [0.4, 0.5) is 14.9 Å². The minimum Gasteiger partial charge on any atom is -0.444 e. The van der Waals surface area contributed by atoms with E-state index in [-0.39, 0.29) is 11.9 Å². The highest BCUT2D eigenvalue weighted by Crippen LogP contribution is 2.31. The molecule has 0 saturated carbocycles. The lowest BCUT2D eigenvalue weighted by Crippen LogP contribution is -2.52. The van der Waals surface area contributed by atoms with Gasteiger partial charge >= 0.3 is 6.09 Å². The Morgan fingerprint density at radius 1 is 1.18 bits per heavy atom. The molecule has 4 heterocycles. The van der Waals surface area contributed by atoms with E-state index in [1.165, 1.54) is 12.1 Å². The zero-order chi connectivity index (χ0) is 19.1. The Labute approximate surface area is 161 Å². The van der Waals surface area contributed by atoms with Gasteiger partial charge in [-0.2, -0.15) is 0 Å². The van der Waals surface area contributed by atoms with Gasteiger partial charge in [0, 0.05) is 12.1 Å². The summed E-state index contributed by atoms with van der Waals surface area (Å²) in [5.41, 5.74) is 2.27. The maximum Gasteiger partial charge on any atom is 0.412 e. The van der Waals surface area contributed by atoms with Crippen molar-refractivity contribution in [2.75, 3.05) is 25.0 Å². The van der Waals surface area contributed by atoms with Gasteiger partial charge in [-0.05, 0) is 68.2 Å². The zero-order valence-electron chi connectivity index (χ0n) is 15.2. The summed E-state index contributed by atoms with van der Waals surface area (Å²) in [7, 11) is 0. The van der Waals surface area contributed by atoms with E-state index in [1.54, 1.807) is 30.3 Å². The van der Waals surface area contributed by atoms with Crippen LogP contribution in [-0.4, -0.2) is 41.7 Å². The van der Waals surface area contributed by atoms with E-state index in [0.717, 1.165) is 32.5 Å². The number of nitrogens with one attached hydrogen (secondary N) is 1. The molecule has 0 spiro atoms. The molecule has 1 aromatic heterocycles. The second-order valence-corrected chi connectivity index (χ2v) is 7.39. The molecule has 0 radical (unpaired) electrons. The van der Waals surface area contributed by atoms with Crippen LogP contribution in [0.5, 0.6) is 0 Å². The van der Waals surface area contributed by atoms with Crippen LogP contribution in [0.3, 0.4) is 0 Å². The van der Waals surface area contributed by atoms with Gasteiger partial charge in [-0.1, -0.05) is 6.07 Å². The predicted molar refractivity (Wildman–Crippen MR) is 102 cm³/mol. The Morgan fingerprint density at radius 2 is 1.96 bits per heavy atom. The van der Waals surface area contributed by atoms with Gasteiger partial charge in [0.15, 0.2) is 5.58 Å². The Balaban J connectivity index is 1.35. The largest absolute Gasteiger partial charge is 0.444 e. The van der Waals surface area contributed by atoms with Crippen molar-refractivity contribution in [2.24, 2.45) is 5.92 Å². The van der Waals surface area contributed by atoms with Crippen molar-refractivity contribution < 1.29 is 18.3 Å². The third-order valence-electron chi connectivity index (χ3n) is 5.60. The number of rotatable bonds is 3. The van der Waals surface area contributed by atoms with Crippen LogP contribution in [0.1, 0.15) is 12.8 Å². The molecule has 2 bridgehead atoms. The molecule has 0 unspecified atom stereocenters. The molecule has 3 aromatic rings. The van der Waals surface area contributed by atoms with Crippen LogP contribution in [0.15, 0.2) is 46.9 Å². The molecule has 7 heteroatoms. The number of ether oxygens (including phenoxy) is 1. The van der Waals surface area contributed by atoms with Gasteiger partial charge in [-0.3, -0.25) is 10.2 Å². The fourth-order valence-corrected chi connectivity index (χ4v) is 4.09. The number of para-hydroxylation sites is 1. The summed E-state index contributed by atoms with van der Waals surface area (Å²) in [5.74, 6) is 0.497. The van der Waals surface area contributed by atoms with E-state index in [1.807, 2.05) is 0 Å². The van der Waals surface area contributed by atoms with Crippen LogP contribution in [0, 0.1) is 11.7 Å². The van der Waals surface area contributed by atoms with Crippen LogP contribution < -0.4 is 5.32 Å². The van der Waals surface area contributed by atoms with Gasteiger partial charge in [0.1, 0.15) is 17.4 Å². The molecule has 144 valence electrons. The van der Waals surface area contributed by atoms with Gasteiger partial charge in [0.25, 0.3) is 0 Å².